The average molecular weight is 772 g/mol. The topological polar surface area (TPSA) is 166 Å². The van der Waals surface area contributed by atoms with Crippen LogP contribution in [-0.2, 0) is 24.4 Å². The van der Waals surface area contributed by atoms with Crippen LogP contribution in [0.25, 0.3) is 16.9 Å². The van der Waals surface area contributed by atoms with Gasteiger partial charge in [0.2, 0.25) is 0 Å². The van der Waals surface area contributed by atoms with Gasteiger partial charge in [-0.05, 0) is 68.1 Å². The molecule has 6 aromatic rings. The van der Waals surface area contributed by atoms with Gasteiger partial charge in [-0.15, -0.1) is 5.10 Å². The van der Waals surface area contributed by atoms with E-state index in [1.54, 1.807) is 45.2 Å². The lowest BCUT2D eigenvalue weighted by atomic mass is 10.1. The smallest absolute Gasteiger partial charge is 0.272 e. The van der Waals surface area contributed by atoms with E-state index in [4.69, 9.17) is 44.9 Å². The monoisotopic (exact) mass is 771 g/mol. The van der Waals surface area contributed by atoms with Crippen molar-refractivity contribution < 1.29 is 23.7 Å². The second-order valence-electron chi connectivity index (χ2n) is 13.2. The molecule has 3 aromatic heterocycles. The predicted molar refractivity (Wildman–Crippen MR) is 219 cm³/mol. The Morgan fingerprint density at radius 1 is 0.912 bits per heavy atom. The summed E-state index contributed by atoms with van der Waals surface area (Å²) >= 11 is 0. The van der Waals surface area contributed by atoms with E-state index in [9.17, 15) is 4.79 Å². The number of carbonyl (C=O) groups is 1. The summed E-state index contributed by atoms with van der Waals surface area (Å²) in [7, 11) is 4.79. The summed E-state index contributed by atoms with van der Waals surface area (Å²) in [5.41, 5.74) is 11.6. The first-order valence-corrected chi connectivity index (χ1v) is 18.9. The average Bonchev–Trinajstić information content (AvgIpc) is 3.85. The summed E-state index contributed by atoms with van der Waals surface area (Å²) < 4.78 is 26.0. The number of aromatic nitrogens is 6. The largest absolute Gasteiger partial charge is 0.497 e. The van der Waals surface area contributed by atoms with Gasteiger partial charge in [0.05, 0.1) is 51.3 Å². The van der Waals surface area contributed by atoms with Crippen LogP contribution in [0.2, 0.25) is 0 Å². The van der Waals surface area contributed by atoms with E-state index in [0.717, 1.165) is 41.0 Å². The fraction of sp³-hybridized carbons (Fsp3) is 0.302. The maximum Gasteiger partial charge on any atom is 0.272 e. The van der Waals surface area contributed by atoms with E-state index < -0.39 is 0 Å². The molecule has 0 atom stereocenters. The Balaban J connectivity index is 0.00000270. The quantitative estimate of drug-likeness (QED) is 0.0847. The van der Waals surface area contributed by atoms with Gasteiger partial charge in [-0.25, -0.2) is 4.68 Å². The number of nitrogens with one attached hydrogen (secondary N) is 1. The van der Waals surface area contributed by atoms with Gasteiger partial charge in [0.1, 0.15) is 29.6 Å². The Morgan fingerprint density at radius 3 is 2.30 bits per heavy atom. The molecule has 0 radical (unpaired) electrons. The van der Waals surface area contributed by atoms with E-state index >= 15 is 0 Å². The number of nitrogens with two attached hydrogens (primary N) is 1. The number of pyridine rings is 1. The minimum Gasteiger partial charge on any atom is -0.497 e. The van der Waals surface area contributed by atoms with Gasteiger partial charge in [0.25, 0.3) is 11.9 Å². The number of methoxy groups -OCH3 is 3. The van der Waals surface area contributed by atoms with Gasteiger partial charge >= 0.3 is 0 Å². The van der Waals surface area contributed by atoms with Crippen molar-refractivity contribution in [2.75, 3.05) is 21.3 Å². The Labute approximate surface area is 332 Å². The molecule has 1 saturated carbocycles. The van der Waals surface area contributed by atoms with Crippen LogP contribution in [0.15, 0.2) is 102 Å². The zero-order valence-corrected chi connectivity index (χ0v) is 33.4. The highest BCUT2D eigenvalue weighted by Gasteiger charge is 2.29. The number of benzene rings is 3. The highest BCUT2D eigenvalue weighted by atomic mass is 16.5. The van der Waals surface area contributed by atoms with Crippen molar-refractivity contribution >= 4 is 22.5 Å². The first kappa shape index (κ1) is 40.0. The molecule has 296 valence electrons. The molecule has 0 aliphatic heterocycles. The van der Waals surface area contributed by atoms with Gasteiger partial charge in [-0.1, -0.05) is 56.3 Å². The number of hydrogen-bond acceptors (Lipinski definition) is 11. The van der Waals surface area contributed by atoms with E-state index in [2.05, 4.69) is 10.3 Å². The van der Waals surface area contributed by atoms with Crippen LogP contribution in [0, 0.1) is 6.92 Å². The molecule has 0 saturated heterocycles. The second kappa shape index (κ2) is 18.3. The maximum absolute atomic E-state index is 13.9. The van der Waals surface area contributed by atoms with Crippen LogP contribution in [0.1, 0.15) is 72.3 Å². The summed E-state index contributed by atoms with van der Waals surface area (Å²) in [6.45, 7) is 8.46. The molecule has 0 bridgehead atoms. The number of fused-ring (bicyclic) bond motifs is 1. The maximum atomic E-state index is 13.9. The number of amides is 1. The molecule has 0 unspecified atom stereocenters. The number of allylic oxidation sites excluding steroid dienone is 2. The number of nitrogens with zero attached hydrogens (tertiary/aromatic N) is 7. The third-order valence-corrected chi connectivity index (χ3v) is 9.06. The minimum absolute atomic E-state index is 0.0941. The lowest BCUT2D eigenvalue weighted by Gasteiger charge is -2.15. The number of rotatable bonds is 15. The summed E-state index contributed by atoms with van der Waals surface area (Å²) in [6, 6.07) is 24.9. The molecular weight excluding hydrogens is 723 g/mol. The molecule has 3 heterocycles. The van der Waals surface area contributed by atoms with Crippen LogP contribution >= 0.6 is 0 Å². The van der Waals surface area contributed by atoms with Crippen molar-refractivity contribution in [1.29, 1.82) is 0 Å². The first-order chi connectivity index (χ1) is 27.7. The van der Waals surface area contributed by atoms with Crippen LogP contribution < -0.4 is 25.3 Å². The molecule has 57 heavy (non-hydrogen) atoms. The molecule has 0 spiro atoms. The lowest BCUT2D eigenvalue weighted by molar-refractivity contribution is 0.0947. The Hall–Kier alpha value is -6.70. The lowest BCUT2D eigenvalue weighted by Crippen LogP contribution is -2.24. The third-order valence-electron chi connectivity index (χ3n) is 9.06. The zero-order valence-electron chi connectivity index (χ0n) is 33.4. The minimum atomic E-state index is -0.389. The van der Waals surface area contributed by atoms with E-state index in [-0.39, 0.29) is 36.7 Å². The molecule has 1 amide bonds. The van der Waals surface area contributed by atoms with E-state index in [0.29, 0.717) is 51.9 Å². The number of aryl methyl sites for hydroxylation is 1. The normalized spacial score (nSPS) is 13.0. The third kappa shape index (κ3) is 9.40. The van der Waals surface area contributed by atoms with Crippen LogP contribution in [0.3, 0.4) is 0 Å². The van der Waals surface area contributed by atoms with Crippen molar-refractivity contribution in [3.63, 3.8) is 0 Å². The fourth-order valence-electron chi connectivity index (χ4n) is 6.01. The molecule has 14 heteroatoms. The highest BCUT2D eigenvalue weighted by molar-refractivity contribution is 6.10. The second-order valence-corrected chi connectivity index (χ2v) is 13.2. The van der Waals surface area contributed by atoms with Crippen molar-refractivity contribution in [2.24, 2.45) is 10.7 Å². The van der Waals surface area contributed by atoms with Gasteiger partial charge < -0.3 is 30.0 Å². The summed E-state index contributed by atoms with van der Waals surface area (Å²) in [5, 5.41) is 13.4. The van der Waals surface area contributed by atoms with E-state index in [1.807, 2.05) is 93.6 Å². The van der Waals surface area contributed by atoms with Gasteiger partial charge in [0.15, 0.2) is 17.3 Å². The zero-order chi connectivity index (χ0) is 40.5. The Morgan fingerprint density at radius 2 is 1.63 bits per heavy atom. The molecule has 7 rings (SSSR count). The van der Waals surface area contributed by atoms with Crippen LogP contribution in [0.5, 0.6) is 17.2 Å². The van der Waals surface area contributed by atoms with Gasteiger partial charge in [-0.3, -0.25) is 14.8 Å². The molecule has 3 aromatic carbocycles. The van der Waals surface area contributed by atoms with Crippen LogP contribution in [-0.4, -0.2) is 68.5 Å². The molecule has 1 aliphatic carbocycles. The number of hydrogen-bond donors (Lipinski definition) is 2. The standard InChI is InChI=1S/C41H43N9O5.C2H6/c1-25-19-33-34(22-43-25)50(47-36(33)40(51)44-21-29-13-18-32(53-4)20-35(29)54-5)41-46-39(49(48-41)23-27-11-16-31(52-3)17-12-27)37(45-30-14-15-30)38(26(2)42)55-24-28-9-7-6-8-10-28;1-2/h6-13,16-20,22,30H,14-15,21,23-24,42H2,1-5H3,(H,44,51);1-2H3/b38-26+,45-37?;. The predicted octanol–water partition coefficient (Wildman–Crippen LogP) is 6.71. The Kier molecular flexibility index (Phi) is 12.8. The number of carbonyl (C=O) groups excluding carboxylic acids is 1. The molecule has 1 fully saturated rings. The molecule has 3 N–H and O–H groups in total. The highest BCUT2D eigenvalue weighted by Crippen LogP contribution is 2.29. The SMILES string of the molecule is CC.COc1ccc(Cn2nc(-n3nc(C(=O)NCc4ccc(OC)cc4OC)c4cc(C)ncc43)nc2C(=NC2CC2)/C(OCc2ccccc2)=C(/C)N)cc1. The van der Waals surface area contributed by atoms with E-state index in [1.165, 1.54) is 4.68 Å². The number of aliphatic imine (C=N–C) groups is 1. The van der Waals surface area contributed by atoms with Crippen molar-refractivity contribution in [2.45, 2.75) is 66.3 Å². The van der Waals surface area contributed by atoms with Gasteiger partial charge in [0, 0.05) is 29.3 Å². The fourth-order valence-corrected chi connectivity index (χ4v) is 6.01. The molecule has 14 nitrogen and oxygen atoms in total. The first-order valence-electron chi connectivity index (χ1n) is 18.9. The van der Waals surface area contributed by atoms with Gasteiger partial charge in [-0.2, -0.15) is 14.8 Å². The molecule has 1 aliphatic rings. The number of ether oxygens (including phenoxy) is 4. The summed E-state index contributed by atoms with van der Waals surface area (Å²) in [6.07, 6.45) is 3.55. The van der Waals surface area contributed by atoms with Crippen molar-refractivity contribution in [3.05, 3.63) is 130 Å². The summed E-state index contributed by atoms with van der Waals surface area (Å²) in [4.78, 5) is 28.6. The Bertz CT molecular complexity index is 2380. The van der Waals surface area contributed by atoms with Crippen molar-refractivity contribution in [3.8, 4) is 23.2 Å². The van der Waals surface area contributed by atoms with Crippen molar-refractivity contribution in [1.82, 2.24) is 34.8 Å². The molecular formula is C43H49N9O5. The van der Waals surface area contributed by atoms with Crippen LogP contribution in [0.4, 0.5) is 0 Å². The summed E-state index contributed by atoms with van der Waals surface area (Å²) in [5.74, 6) is 2.66.